The summed E-state index contributed by atoms with van der Waals surface area (Å²) in [5.41, 5.74) is -0.116. The van der Waals surface area contributed by atoms with Crippen LogP contribution in [0, 0.1) is 5.41 Å². The summed E-state index contributed by atoms with van der Waals surface area (Å²) < 4.78 is 38.6. The van der Waals surface area contributed by atoms with Gasteiger partial charge in [-0.25, -0.2) is 10.0 Å². The molecule has 0 radical (unpaired) electrons. The Hall–Kier alpha value is -1.14. The molecular weight excluding hydrogens is 393 g/mol. The Bertz CT molecular complexity index is 738. The fraction of sp³-hybridized carbons (Fsp3) is 0.692. The molecule has 0 aromatic carbocycles. The summed E-state index contributed by atoms with van der Waals surface area (Å²) in [6.07, 6.45) is -3.73. The van der Waals surface area contributed by atoms with Crippen molar-refractivity contribution < 1.29 is 13.2 Å². The smallest absolute Gasteiger partial charge is 0.245 e. The van der Waals surface area contributed by atoms with Gasteiger partial charge in [0.2, 0.25) is 15.3 Å². The first-order valence-corrected chi connectivity index (χ1v) is 10.2. The number of alkyl halides is 3. The fourth-order valence-electron chi connectivity index (χ4n) is 2.28. The topological polar surface area (TPSA) is 58.0 Å². The lowest BCUT2D eigenvalue weighted by molar-refractivity contribution is -0.138. The quantitative estimate of drug-likeness (QED) is 0.749. The minimum absolute atomic E-state index is 0.00314. The standard InChI is InChI=1S/C13H17F3N6S3/c1-5-7-17-20-11(24-7)22-9(12(2,3)4)23-6-21(22)10-19-18-8(25-10)13(14,15)16/h9H,5-6H2,1-4H3. The van der Waals surface area contributed by atoms with Crippen molar-refractivity contribution in [1.29, 1.82) is 0 Å². The lowest BCUT2D eigenvalue weighted by atomic mass is 9.96. The maximum Gasteiger partial charge on any atom is 0.445 e. The van der Waals surface area contributed by atoms with Crippen LogP contribution in [-0.4, -0.2) is 31.6 Å². The molecule has 1 aliphatic heterocycles. The number of anilines is 2. The summed E-state index contributed by atoms with van der Waals surface area (Å²) >= 11 is 3.62. The van der Waals surface area contributed by atoms with Crippen molar-refractivity contribution >= 4 is 44.7 Å². The lowest BCUT2D eigenvalue weighted by Gasteiger charge is -2.36. The van der Waals surface area contributed by atoms with Crippen LogP contribution in [0.1, 0.15) is 37.7 Å². The minimum atomic E-state index is -4.49. The lowest BCUT2D eigenvalue weighted by Crippen LogP contribution is -2.46. The predicted octanol–water partition coefficient (Wildman–Crippen LogP) is 4.28. The van der Waals surface area contributed by atoms with Crippen LogP contribution in [0.25, 0.3) is 0 Å². The number of halogens is 3. The molecule has 3 heterocycles. The summed E-state index contributed by atoms with van der Waals surface area (Å²) in [5, 5.41) is 19.9. The molecule has 1 unspecified atom stereocenters. The van der Waals surface area contributed by atoms with Crippen LogP contribution in [0.5, 0.6) is 0 Å². The molecule has 3 rings (SSSR count). The van der Waals surface area contributed by atoms with E-state index in [4.69, 9.17) is 0 Å². The minimum Gasteiger partial charge on any atom is -0.245 e. The third-order valence-electron chi connectivity index (χ3n) is 3.41. The molecule has 0 bridgehead atoms. The van der Waals surface area contributed by atoms with E-state index < -0.39 is 11.2 Å². The van der Waals surface area contributed by atoms with Gasteiger partial charge in [-0.2, -0.15) is 13.2 Å². The summed E-state index contributed by atoms with van der Waals surface area (Å²) in [7, 11) is 0. The first kappa shape index (κ1) is 18.6. The zero-order valence-corrected chi connectivity index (χ0v) is 16.5. The number of hydrogen-bond acceptors (Lipinski definition) is 9. The molecule has 2 aromatic heterocycles. The number of aromatic nitrogens is 4. The van der Waals surface area contributed by atoms with Crippen LogP contribution in [0.4, 0.5) is 23.4 Å². The van der Waals surface area contributed by atoms with E-state index in [0.29, 0.717) is 22.3 Å². The SMILES string of the molecule is CCc1nnc(N2C(C(C)(C)C)SCN2c2nnc(C(F)(F)F)s2)s1. The van der Waals surface area contributed by atoms with Gasteiger partial charge in [0, 0.05) is 0 Å². The van der Waals surface area contributed by atoms with Gasteiger partial charge in [-0.15, -0.1) is 32.2 Å². The van der Waals surface area contributed by atoms with Crippen molar-refractivity contribution in [3.8, 4) is 0 Å². The van der Waals surface area contributed by atoms with Crippen molar-refractivity contribution in [3.05, 3.63) is 10.0 Å². The van der Waals surface area contributed by atoms with E-state index in [0.717, 1.165) is 11.4 Å². The zero-order valence-electron chi connectivity index (χ0n) is 14.0. The van der Waals surface area contributed by atoms with Crippen LogP contribution in [0.15, 0.2) is 0 Å². The van der Waals surface area contributed by atoms with E-state index in [2.05, 4.69) is 41.2 Å². The molecule has 0 amide bonds. The molecule has 1 atom stereocenters. The van der Waals surface area contributed by atoms with E-state index in [1.807, 2.05) is 11.9 Å². The largest absolute Gasteiger partial charge is 0.445 e. The molecule has 1 aliphatic rings. The van der Waals surface area contributed by atoms with E-state index in [-0.39, 0.29) is 15.9 Å². The highest BCUT2D eigenvalue weighted by Crippen LogP contribution is 2.46. The Balaban J connectivity index is 1.98. The number of nitrogens with zero attached hydrogens (tertiary/aromatic N) is 6. The molecule has 0 aliphatic carbocycles. The molecule has 0 N–H and O–H groups in total. The van der Waals surface area contributed by atoms with E-state index in [9.17, 15) is 13.2 Å². The maximum atomic E-state index is 12.9. The van der Waals surface area contributed by atoms with Crippen LogP contribution in [-0.2, 0) is 12.6 Å². The van der Waals surface area contributed by atoms with E-state index in [1.54, 1.807) is 16.8 Å². The molecule has 0 spiro atoms. The number of aryl methyl sites for hydroxylation is 1. The number of rotatable bonds is 3. The van der Waals surface area contributed by atoms with Crippen LogP contribution in [0.3, 0.4) is 0 Å². The molecule has 0 saturated carbocycles. The van der Waals surface area contributed by atoms with Crippen LogP contribution >= 0.6 is 34.4 Å². The first-order chi connectivity index (χ1) is 11.6. The van der Waals surface area contributed by atoms with Crippen LogP contribution in [0.2, 0.25) is 0 Å². The van der Waals surface area contributed by atoms with Gasteiger partial charge in [0.15, 0.2) is 0 Å². The fourth-order valence-corrected chi connectivity index (χ4v) is 5.34. The highest BCUT2D eigenvalue weighted by molar-refractivity contribution is 8.00. The van der Waals surface area contributed by atoms with Crippen molar-refractivity contribution in [2.75, 3.05) is 15.9 Å². The second kappa shape index (κ2) is 6.54. The normalized spacial score (nSPS) is 19.1. The molecule has 138 valence electrons. The second-order valence-corrected chi connectivity index (χ2v) is 9.51. The Kier molecular flexibility index (Phi) is 4.88. The molecule has 1 saturated heterocycles. The first-order valence-electron chi connectivity index (χ1n) is 7.52. The molecular formula is C13H17F3N6S3. The summed E-state index contributed by atoms with van der Waals surface area (Å²) in [6.45, 7) is 8.25. The Morgan fingerprint density at radius 3 is 2.24 bits per heavy atom. The van der Waals surface area contributed by atoms with Crippen molar-refractivity contribution in [1.82, 2.24) is 20.4 Å². The van der Waals surface area contributed by atoms with Gasteiger partial charge in [0.05, 0.1) is 5.88 Å². The third kappa shape index (κ3) is 3.70. The molecule has 12 heteroatoms. The number of hydrazine groups is 1. The molecule has 2 aromatic rings. The maximum absolute atomic E-state index is 12.9. The zero-order chi connectivity index (χ0) is 18.4. The molecule has 1 fully saturated rings. The predicted molar refractivity (Wildman–Crippen MR) is 94.9 cm³/mol. The van der Waals surface area contributed by atoms with E-state index >= 15 is 0 Å². The average molecular weight is 411 g/mol. The van der Waals surface area contributed by atoms with Gasteiger partial charge < -0.3 is 0 Å². The van der Waals surface area contributed by atoms with Gasteiger partial charge in [0.1, 0.15) is 10.4 Å². The monoisotopic (exact) mass is 410 g/mol. The highest BCUT2D eigenvalue weighted by Gasteiger charge is 2.44. The molecule has 25 heavy (non-hydrogen) atoms. The Morgan fingerprint density at radius 1 is 1.04 bits per heavy atom. The van der Waals surface area contributed by atoms with Crippen molar-refractivity contribution in [3.63, 3.8) is 0 Å². The molecule has 6 nitrogen and oxygen atoms in total. The van der Waals surface area contributed by atoms with Crippen LogP contribution < -0.4 is 10.0 Å². The number of thioether (sulfide) groups is 1. The van der Waals surface area contributed by atoms with Crippen molar-refractivity contribution in [2.24, 2.45) is 5.41 Å². The van der Waals surface area contributed by atoms with Gasteiger partial charge in [0.25, 0.3) is 0 Å². The Labute approximate surface area is 155 Å². The summed E-state index contributed by atoms with van der Waals surface area (Å²) in [4.78, 5) is 0. The van der Waals surface area contributed by atoms with Gasteiger partial charge in [-0.3, -0.25) is 0 Å². The third-order valence-corrected chi connectivity index (χ3v) is 7.06. The number of hydrogen-bond donors (Lipinski definition) is 0. The van der Waals surface area contributed by atoms with Gasteiger partial charge in [-0.05, 0) is 11.8 Å². The van der Waals surface area contributed by atoms with Gasteiger partial charge >= 0.3 is 6.18 Å². The summed E-state index contributed by atoms with van der Waals surface area (Å²) in [6, 6.07) is 0. The highest BCUT2D eigenvalue weighted by atomic mass is 32.2. The Morgan fingerprint density at radius 2 is 1.72 bits per heavy atom. The summed E-state index contributed by atoms with van der Waals surface area (Å²) in [5.74, 6) is 0.482. The van der Waals surface area contributed by atoms with Gasteiger partial charge in [-0.1, -0.05) is 50.4 Å². The van der Waals surface area contributed by atoms with E-state index in [1.165, 1.54) is 11.3 Å². The second-order valence-electron chi connectivity index (χ2n) is 6.48. The van der Waals surface area contributed by atoms with Crippen molar-refractivity contribution in [2.45, 2.75) is 45.7 Å². The average Bonchev–Trinajstić information content (AvgIpc) is 3.22.